The molecule has 0 bridgehead atoms. The Balaban J connectivity index is 2.13. The second-order valence-electron chi connectivity index (χ2n) is 9.60. The lowest BCUT2D eigenvalue weighted by molar-refractivity contribution is -0.138. The third kappa shape index (κ3) is 4.72. The predicted molar refractivity (Wildman–Crippen MR) is 129 cm³/mol. The first-order valence-electron chi connectivity index (χ1n) is 11.2. The van der Waals surface area contributed by atoms with Crippen LogP contribution >= 0.6 is 0 Å². The van der Waals surface area contributed by atoms with Crippen molar-refractivity contribution in [3.05, 3.63) is 103 Å². The Morgan fingerprint density at radius 2 is 1.18 bits per heavy atom. The second kappa shape index (κ2) is 8.64. The van der Waals surface area contributed by atoms with E-state index in [-0.39, 0.29) is 11.1 Å². The Morgan fingerprint density at radius 1 is 0.636 bits per heavy atom. The molecule has 0 aliphatic heterocycles. The van der Waals surface area contributed by atoms with Crippen LogP contribution in [-0.4, -0.2) is 5.11 Å². The highest BCUT2D eigenvalue weighted by atomic mass is 19.4. The number of hydrogen-bond donors (Lipinski definition) is 1. The average molecular weight is 455 g/mol. The summed E-state index contributed by atoms with van der Waals surface area (Å²) < 4.78 is 41.4. The quantitative estimate of drug-likeness (QED) is 0.428. The van der Waals surface area contributed by atoms with Crippen LogP contribution in [0.2, 0.25) is 0 Å². The molecule has 0 spiro atoms. The highest BCUT2D eigenvalue weighted by Crippen LogP contribution is 2.38. The second-order valence-corrected chi connectivity index (χ2v) is 9.60. The smallest absolute Gasteiger partial charge is 0.381 e. The normalized spacial score (nSPS) is 13.8. The molecule has 3 aromatic carbocycles. The number of hydrogen-bond acceptors (Lipinski definition) is 1. The van der Waals surface area contributed by atoms with E-state index in [1.54, 1.807) is 20.8 Å². The zero-order valence-corrected chi connectivity index (χ0v) is 20.8. The maximum absolute atomic E-state index is 13.8. The summed E-state index contributed by atoms with van der Waals surface area (Å²) in [5.74, 6) is 0. The summed E-state index contributed by atoms with van der Waals surface area (Å²) in [6.07, 6.45) is -4.02. The molecule has 0 aliphatic carbocycles. The summed E-state index contributed by atoms with van der Waals surface area (Å²) in [4.78, 5) is 0. The number of alkyl halides is 3. The summed E-state index contributed by atoms with van der Waals surface area (Å²) in [5, 5.41) is 11.5. The lowest BCUT2D eigenvalue weighted by atomic mass is 9.82. The predicted octanol–water partition coefficient (Wildman–Crippen LogP) is 7.71. The summed E-state index contributed by atoms with van der Waals surface area (Å²) in [6.45, 7) is 14.6. The van der Waals surface area contributed by atoms with Crippen molar-refractivity contribution in [2.24, 2.45) is 0 Å². The Labute approximate surface area is 195 Å². The van der Waals surface area contributed by atoms with Gasteiger partial charge in [-0.15, -0.1) is 0 Å². The molecule has 1 atom stereocenters. The van der Waals surface area contributed by atoms with Crippen molar-refractivity contribution in [2.75, 3.05) is 0 Å². The molecule has 0 fully saturated rings. The molecule has 0 aliphatic rings. The van der Waals surface area contributed by atoms with Crippen molar-refractivity contribution in [1.82, 2.24) is 0 Å². The van der Waals surface area contributed by atoms with Crippen molar-refractivity contribution in [2.45, 2.75) is 73.6 Å². The molecule has 33 heavy (non-hydrogen) atoms. The molecule has 0 amide bonds. The lowest BCUT2D eigenvalue weighted by Gasteiger charge is -2.27. The van der Waals surface area contributed by atoms with Gasteiger partial charge in [0.25, 0.3) is 0 Å². The van der Waals surface area contributed by atoms with Gasteiger partial charge in [-0.3, -0.25) is 0 Å². The maximum atomic E-state index is 13.8. The standard InChI is InChI=1S/C29H33F3O/c1-16-9-10-25(12-17(16)2)28(8,33)26-13-19(4)20(5)24(15-26)14-23-11-18(3)21(6)27(22(23)7)29(30,31)32/h9-13,15,33H,14H2,1-8H3. The zero-order chi connectivity index (χ0) is 24.9. The van der Waals surface area contributed by atoms with Gasteiger partial charge in [-0.1, -0.05) is 36.4 Å². The summed E-state index contributed by atoms with van der Waals surface area (Å²) in [7, 11) is 0. The van der Waals surface area contributed by atoms with Gasteiger partial charge in [-0.2, -0.15) is 13.2 Å². The highest BCUT2D eigenvalue weighted by Gasteiger charge is 2.35. The van der Waals surface area contributed by atoms with E-state index in [0.717, 1.165) is 38.9 Å². The SMILES string of the molecule is Cc1ccc(C(C)(O)c2cc(C)c(C)c(Cc3cc(C)c(C)c(C(F)(F)F)c3C)c2)cc1C. The van der Waals surface area contributed by atoms with E-state index in [2.05, 4.69) is 0 Å². The molecular weight excluding hydrogens is 421 g/mol. The maximum Gasteiger partial charge on any atom is 0.416 e. The van der Waals surface area contributed by atoms with Crippen molar-refractivity contribution < 1.29 is 18.3 Å². The fourth-order valence-electron chi connectivity index (χ4n) is 4.54. The zero-order valence-electron chi connectivity index (χ0n) is 20.8. The Bertz CT molecular complexity index is 1220. The molecule has 1 N–H and O–H groups in total. The van der Waals surface area contributed by atoms with Gasteiger partial charge in [0.15, 0.2) is 0 Å². The van der Waals surface area contributed by atoms with E-state index in [1.807, 2.05) is 64.1 Å². The van der Waals surface area contributed by atoms with Gasteiger partial charge in [-0.25, -0.2) is 0 Å². The van der Waals surface area contributed by atoms with Crippen LogP contribution in [0.1, 0.15) is 73.7 Å². The number of aryl methyl sites for hydroxylation is 4. The molecule has 3 aromatic rings. The lowest BCUT2D eigenvalue weighted by Crippen LogP contribution is -2.24. The molecule has 0 saturated heterocycles. The molecular formula is C29H33F3O. The van der Waals surface area contributed by atoms with Crippen LogP contribution in [-0.2, 0) is 18.2 Å². The third-order valence-corrected chi connectivity index (χ3v) is 7.28. The number of aliphatic hydroxyl groups is 1. The van der Waals surface area contributed by atoms with Crippen LogP contribution in [0.3, 0.4) is 0 Å². The Morgan fingerprint density at radius 3 is 1.76 bits per heavy atom. The summed E-state index contributed by atoms with van der Waals surface area (Å²) in [5.41, 5.74) is 6.83. The van der Waals surface area contributed by atoms with E-state index >= 15 is 0 Å². The van der Waals surface area contributed by atoms with Crippen molar-refractivity contribution in [1.29, 1.82) is 0 Å². The minimum Gasteiger partial charge on any atom is -0.381 e. The van der Waals surface area contributed by atoms with Crippen LogP contribution in [0, 0.1) is 48.5 Å². The van der Waals surface area contributed by atoms with Crippen molar-refractivity contribution >= 4 is 0 Å². The van der Waals surface area contributed by atoms with Gasteiger partial charge in [0.05, 0.1) is 5.56 Å². The summed E-state index contributed by atoms with van der Waals surface area (Å²) >= 11 is 0. The van der Waals surface area contributed by atoms with Gasteiger partial charge in [0, 0.05) is 0 Å². The van der Waals surface area contributed by atoms with Crippen LogP contribution < -0.4 is 0 Å². The fraction of sp³-hybridized carbons (Fsp3) is 0.379. The van der Waals surface area contributed by atoms with Gasteiger partial charge < -0.3 is 5.11 Å². The Hall–Kier alpha value is -2.59. The van der Waals surface area contributed by atoms with Crippen LogP contribution in [0.5, 0.6) is 0 Å². The topological polar surface area (TPSA) is 20.2 Å². The molecule has 0 heterocycles. The monoisotopic (exact) mass is 454 g/mol. The van der Waals surface area contributed by atoms with Gasteiger partial charge in [0.2, 0.25) is 0 Å². The minimum atomic E-state index is -4.39. The van der Waals surface area contributed by atoms with Crippen molar-refractivity contribution in [3.63, 3.8) is 0 Å². The molecule has 0 radical (unpaired) electrons. The van der Waals surface area contributed by atoms with E-state index in [0.29, 0.717) is 17.5 Å². The van der Waals surface area contributed by atoms with Gasteiger partial charge in [0.1, 0.15) is 5.60 Å². The molecule has 1 nitrogen and oxygen atoms in total. The van der Waals surface area contributed by atoms with Crippen LogP contribution in [0.15, 0.2) is 36.4 Å². The first-order valence-corrected chi connectivity index (χ1v) is 11.2. The summed E-state index contributed by atoms with van der Waals surface area (Å²) in [6, 6.07) is 11.7. The number of rotatable bonds is 4. The molecule has 3 rings (SSSR count). The Kier molecular flexibility index (Phi) is 6.56. The molecule has 4 heteroatoms. The minimum absolute atomic E-state index is 0.272. The highest BCUT2D eigenvalue weighted by molar-refractivity contribution is 5.51. The van der Waals surface area contributed by atoms with Gasteiger partial charge >= 0.3 is 6.18 Å². The molecule has 1 unspecified atom stereocenters. The van der Waals surface area contributed by atoms with Crippen LogP contribution in [0.25, 0.3) is 0 Å². The fourth-order valence-corrected chi connectivity index (χ4v) is 4.54. The first kappa shape index (κ1) is 25.0. The molecule has 0 saturated carbocycles. The molecule has 0 aromatic heterocycles. The van der Waals surface area contributed by atoms with E-state index < -0.39 is 17.3 Å². The number of halogens is 3. The van der Waals surface area contributed by atoms with Gasteiger partial charge in [-0.05, 0) is 123 Å². The van der Waals surface area contributed by atoms with Crippen LogP contribution in [0.4, 0.5) is 13.2 Å². The van der Waals surface area contributed by atoms with E-state index in [1.165, 1.54) is 6.92 Å². The largest absolute Gasteiger partial charge is 0.416 e. The number of benzene rings is 3. The average Bonchev–Trinajstić information content (AvgIpc) is 2.70. The molecule has 176 valence electrons. The van der Waals surface area contributed by atoms with E-state index in [4.69, 9.17) is 0 Å². The van der Waals surface area contributed by atoms with E-state index in [9.17, 15) is 18.3 Å². The first-order chi connectivity index (χ1) is 15.1. The van der Waals surface area contributed by atoms with Crippen molar-refractivity contribution in [3.8, 4) is 0 Å². The third-order valence-electron chi connectivity index (χ3n) is 7.28.